The number of nitrogens with two attached hydrogens (primary N) is 1. The van der Waals surface area contributed by atoms with Gasteiger partial charge in [-0.25, -0.2) is 9.78 Å². The molecule has 182 valence electrons. The molecule has 2 aliphatic heterocycles. The predicted octanol–water partition coefficient (Wildman–Crippen LogP) is 1.96. The number of anilines is 1. The summed E-state index contributed by atoms with van der Waals surface area (Å²) in [6.07, 6.45) is 5.16. The third-order valence-corrected chi connectivity index (χ3v) is 7.87. The lowest BCUT2D eigenvalue weighted by atomic mass is 10.0. The van der Waals surface area contributed by atoms with Crippen molar-refractivity contribution >= 4 is 69.6 Å². The number of thiazole rings is 1. The van der Waals surface area contributed by atoms with E-state index < -0.39 is 29.2 Å². The van der Waals surface area contributed by atoms with Crippen molar-refractivity contribution in [1.82, 2.24) is 20.2 Å². The number of carboxylic acid groups (broad SMARTS) is 1. The number of oxime groups is 1. The minimum absolute atomic E-state index is 0.0828. The van der Waals surface area contributed by atoms with Crippen LogP contribution in [0.5, 0.6) is 0 Å². The molecule has 0 bridgehead atoms. The maximum absolute atomic E-state index is 12.9. The number of rotatable bonds is 9. The average molecular weight is 533 g/mol. The van der Waals surface area contributed by atoms with Crippen molar-refractivity contribution in [2.75, 3.05) is 18.1 Å². The first-order chi connectivity index (χ1) is 16.9. The molecule has 2 atom stereocenters. The monoisotopic (exact) mass is 532 g/mol. The molecule has 2 aromatic rings. The molecule has 14 heteroatoms. The lowest BCUT2D eigenvalue weighted by molar-refractivity contribution is -0.150. The Kier molecular flexibility index (Phi) is 7.73. The summed E-state index contributed by atoms with van der Waals surface area (Å²) in [6.45, 7) is 1.94. The molecule has 1 unspecified atom stereocenters. The second kappa shape index (κ2) is 10.9. The van der Waals surface area contributed by atoms with Gasteiger partial charge in [-0.15, -0.1) is 23.1 Å². The van der Waals surface area contributed by atoms with E-state index >= 15 is 0 Å². The van der Waals surface area contributed by atoms with Crippen molar-refractivity contribution in [2.24, 2.45) is 5.16 Å². The van der Waals surface area contributed by atoms with Crippen molar-refractivity contribution in [3.05, 3.63) is 57.2 Å². The maximum Gasteiger partial charge on any atom is 0.353 e. The summed E-state index contributed by atoms with van der Waals surface area (Å²) < 4.78 is 0. The van der Waals surface area contributed by atoms with Crippen molar-refractivity contribution in [1.29, 1.82) is 0 Å². The zero-order valence-corrected chi connectivity index (χ0v) is 20.7. The molecular formula is C21H20N6O5S3. The van der Waals surface area contributed by atoms with Crippen LogP contribution in [0.3, 0.4) is 0 Å². The second-order valence-electron chi connectivity index (χ2n) is 7.07. The van der Waals surface area contributed by atoms with Crippen LogP contribution in [0.4, 0.5) is 5.13 Å². The predicted molar refractivity (Wildman–Crippen MR) is 135 cm³/mol. The number of aromatic nitrogens is 2. The number of pyridine rings is 1. The molecule has 0 aromatic carbocycles. The molecule has 0 saturated carbocycles. The third-order valence-electron chi connectivity index (χ3n) is 4.84. The number of nitrogens with zero attached hydrogens (tertiary/aromatic N) is 4. The summed E-state index contributed by atoms with van der Waals surface area (Å²) in [5.74, 6) is -2.02. The van der Waals surface area contributed by atoms with Crippen molar-refractivity contribution in [3.63, 3.8) is 0 Å². The van der Waals surface area contributed by atoms with Gasteiger partial charge in [0.25, 0.3) is 11.8 Å². The summed E-state index contributed by atoms with van der Waals surface area (Å²) in [4.78, 5) is 52.7. The fraction of sp³-hybridized carbons (Fsp3) is 0.238. The molecule has 1 fully saturated rings. The number of carboxylic acids is 1. The van der Waals surface area contributed by atoms with Gasteiger partial charge >= 0.3 is 5.97 Å². The van der Waals surface area contributed by atoms with Crippen LogP contribution in [0.15, 0.2) is 51.1 Å². The van der Waals surface area contributed by atoms with Gasteiger partial charge in [-0.3, -0.25) is 19.5 Å². The first-order valence-electron chi connectivity index (χ1n) is 10.3. The number of hydrogen-bond donors (Lipinski definition) is 3. The van der Waals surface area contributed by atoms with Crippen molar-refractivity contribution in [3.8, 4) is 0 Å². The number of nitrogen functional groups attached to an aromatic ring is 1. The van der Waals surface area contributed by atoms with E-state index in [2.05, 4.69) is 20.4 Å². The number of fused-ring (bicyclic) bond motifs is 1. The quantitative estimate of drug-likeness (QED) is 0.247. The number of carbonyl (C=O) groups excluding carboxylic acids is 2. The minimum atomic E-state index is -1.21. The minimum Gasteiger partial charge on any atom is -0.477 e. The van der Waals surface area contributed by atoms with E-state index in [0.29, 0.717) is 10.7 Å². The van der Waals surface area contributed by atoms with Gasteiger partial charge in [-0.05, 0) is 30.0 Å². The highest BCUT2D eigenvalue weighted by Crippen LogP contribution is 2.43. The first kappa shape index (κ1) is 24.8. The average Bonchev–Trinajstić information content (AvgIpc) is 3.28. The SMILES string of the molecule is CCON=C(C(=O)NC1C(=O)N2C(C(=O)O)=C(S/C=C\c3cccnc3)CS[C@@H]12)c1csc(N)n1. The van der Waals surface area contributed by atoms with Crippen LogP contribution in [0.1, 0.15) is 18.2 Å². The normalized spacial score (nSPS) is 20.0. The van der Waals surface area contributed by atoms with E-state index in [1.165, 1.54) is 28.4 Å². The summed E-state index contributed by atoms with van der Waals surface area (Å²) >= 11 is 3.74. The summed E-state index contributed by atoms with van der Waals surface area (Å²) in [6, 6.07) is 2.76. The summed E-state index contributed by atoms with van der Waals surface area (Å²) in [5.41, 5.74) is 6.56. The Morgan fingerprint density at radius 3 is 2.97 bits per heavy atom. The fourth-order valence-electron chi connectivity index (χ4n) is 3.29. The smallest absolute Gasteiger partial charge is 0.353 e. The lowest BCUT2D eigenvalue weighted by Gasteiger charge is -2.49. The molecule has 4 rings (SSSR count). The van der Waals surface area contributed by atoms with Gasteiger partial charge in [0.05, 0.1) is 0 Å². The molecule has 2 amide bonds. The molecule has 35 heavy (non-hydrogen) atoms. The van der Waals surface area contributed by atoms with Gasteiger partial charge in [0.2, 0.25) is 0 Å². The van der Waals surface area contributed by atoms with Gasteiger partial charge in [-0.1, -0.05) is 23.0 Å². The van der Waals surface area contributed by atoms with Crippen LogP contribution in [0.25, 0.3) is 6.08 Å². The number of nitrogens with one attached hydrogen (secondary N) is 1. The van der Waals surface area contributed by atoms with E-state index in [9.17, 15) is 19.5 Å². The Morgan fingerprint density at radius 1 is 1.49 bits per heavy atom. The van der Waals surface area contributed by atoms with Crippen LogP contribution >= 0.6 is 34.9 Å². The van der Waals surface area contributed by atoms with Gasteiger partial charge in [0.1, 0.15) is 29.4 Å². The zero-order valence-electron chi connectivity index (χ0n) is 18.3. The van der Waals surface area contributed by atoms with Crippen LogP contribution in [0, 0.1) is 0 Å². The number of aliphatic carboxylic acids is 1. The van der Waals surface area contributed by atoms with Gasteiger partial charge in [0, 0.05) is 28.4 Å². The lowest BCUT2D eigenvalue weighted by Crippen LogP contribution is -2.71. The topological polar surface area (TPSA) is 160 Å². The molecular weight excluding hydrogens is 512 g/mol. The van der Waals surface area contributed by atoms with E-state index in [0.717, 1.165) is 16.9 Å². The molecule has 0 radical (unpaired) electrons. The Bertz CT molecular complexity index is 1230. The summed E-state index contributed by atoms with van der Waals surface area (Å²) in [7, 11) is 0. The summed E-state index contributed by atoms with van der Waals surface area (Å²) in [5, 5.41) is 19.3. The Hall–Kier alpha value is -3.36. The third kappa shape index (κ3) is 5.33. The largest absolute Gasteiger partial charge is 0.477 e. The molecule has 11 nitrogen and oxygen atoms in total. The van der Waals surface area contributed by atoms with E-state index in [1.807, 2.05) is 12.1 Å². The van der Waals surface area contributed by atoms with Gasteiger partial charge in [0.15, 0.2) is 10.8 Å². The number of amides is 2. The van der Waals surface area contributed by atoms with Crippen LogP contribution in [0.2, 0.25) is 0 Å². The number of thioether (sulfide) groups is 2. The highest BCUT2D eigenvalue weighted by atomic mass is 32.2. The number of hydrogen-bond acceptors (Lipinski definition) is 11. The van der Waals surface area contributed by atoms with Crippen molar-refractivity contribution < 1.29 is 24.3 Å². The molecule has 0 spiro atoms. The molecule has 4 N–H and O–H groups in total. The second-order valence-corrected chi connectivity index (χ2v) is 10.1. The molecule has 1 saturated heterocycles. The maximum atomic E-state index is 12.9. The molecule has 2 aliphatic rings. The highest BCUT2D eigenvalue weighted by Gasteiger charge is 2.54. The number of β-lactam (4-membered cyclic amide) rings is 1. The fourth-order valence-corrected chi connectivity index (χ4v) is 6.20. The molecule has 4 heterocycles. The Labute approximate surface area is 212 Å². The van der Waals surface area contributed by atoms with Crippen LogP contribution in [-0.4, -0.2) is 67.2 Å². The van der Waals surface area contributed by atoms with Gasteiger partial charge < -0.3 is 21.0 Å². The first-order valence-corrected chi connectivity index (χ1v) is 13.1. The molecule has 2 aromatic heterocycles. The van der Waals surface area contributed by atoms with E-state index in [4.69, 9.17) is 10.6 Å². The highest BCUT2D eigenvalue weighted by molar-refractivity contribution is 8.08. The standard InChI is InChI=1S/C21H20N6O5S3/c1-2-32-26-14(12-9-35-21(22)24-12)17(28)25-15-18(29)27-16(20(30)31)13(10-34-19(15)27)33-7-5-11-4-3-6-23-8-11/h3-9,15,19H,2,10H2,1H3,(H2,22,24)(H,25,28)(H,30,31)/b7-5-,26-14?/t15?,19-/m0/s1. The molecule has 0 aliphatic carbocycles. The van der Waals surface area contributed by atoms with E-state index in [1.54, 1.807) is 36.2 Å². The van der Waals surface area contributed by atoms with Crippen LogP contribution in [-0.2, 0) is 19.2 Å². The van der Waals surface area contributed by atoms with Crippen molar-refractivity contribution in [2.45, 2.75) is 18.3 Å². The number of carbonyl (C=O) groups is 3. The van der Waals surface area contributed by atoms with Gasteiger partial charge in [-0.2, -0.15) is 0 Å². The Morgan fingerprint density at radius 2 is 2.31 bits per heavy atom. The van der Waals surface area contributed by atoms with E-state index in [-0.39, 0.29) is 28.8 Å². The zero-order chi connectivity index (χ0) is 24.9. The Balaban J connectivity index is 1.49. The van der Waals surface area contributed by atoms with Crippen LogP contribution < -0.4 is 11.1 Å².